The van der Waals surface area contributed by atoms with Gasteiger partial charge in [0.15, 0.2) is 0 Å². The van der Waals surface area contributed by atoms with Gasteiger partial charge in [-0.2, -0.15) is 0 Å². The lowest BCUT2D eigenvalue weighted by molar-refractivity contribution is 0.0776. The van der Waals surface area contributed by atoms with Crippen molar-refractivity contribution in [3.63, 3.8) is 0 Å². The van der Waals surface area contributed by atoms with Crippen molar-refractivity contribution in [2.24, 2.45) is 5.92 Å². The van der Waals surface area contributed by atoms with E-state index < -0.39 is 0 Å². The summed E-state index contributed by atoms with van der Waals surface area (Å²) in [5.41, 5.74) is 0.808. The van der Waals surface area contributed by atoms with E-state index in [-0.39, 0.29) is 5.91 Å². The zero-order valence-electron chi connectivity index (χ0n) is 12.7. The van der Waals surface area contributed by atoms with E-state index in [0.29, 0.717) is 5.92 Å². The van der Waals surface area contributed by atoms with E-state index in [1.807, 2.05) is 36.2 Å². The summed E-state index contributed by atoms with van der Waals surface area (Å²) in [6, 6.07) is 12.1. The highest BCUT2D eigenvalue weighted by atomic mass is 32.2. The van der Waals surface area contributed by atoms with Crippen molar-refractivity contribution in [3.8, 4) is 0 Å². The second-order valence-corrected chi connectivity index (χ2v) is 7.49. The van der Waals surface area contributed by atoms with Gasteiger partial charge in [0.2, 0.25) is 0 Å². The summed E-state index contributed by atoms with van der Waals surface area (Å²) in [6.45, 7) is 5.03. The summed E-state index contributed by atoms with van der Waals surface area (Å²) in [6.07, 6.45) is 0. The monoisotopic (exact) mass is 319 g/mol. The summed E-state index contributed by atoms with van der Waals surface area (Å²) in [4.78, 5) is 16.8. The third-order valence-corrected chi connectivity index (χ3v) is 5.23. The Hall–Kier alpha value is -1.26. The van der Waals surface area contributed by atoms with Crippen LogP contribution < -0.4 is 0 Å². The molecule has 0 saturated carbocycles. The van der Waals surface area contributed by atoms with Crippen LogP contribution in [0.5, 0.6) is 0 Å². The predicted octanol–water partition coefficient (Wildman–Crippen LogP) is 4.77. The van der Waals surface area contributed by atoms with Crippen LogP contribution in [0.4, 0.5) is 0 Å². The van der Waals surface area contributed by atoms with Crippen molar-refractivity contribution in [3.05, 3.63) is 52.2 Å². The van der Waals surface area contributed by atoms with Crippen molar-refractivity contribution >= 4 is 29.0 Å². The first-order chi connectivity index (χ1) is 10.1. The summed E-state index contributed by atoms with van der Waals surface area (Å²) in [5.74, 6) is 1.50. The molecule has 0 aliphatic heterocycles. The van der Waals surface area contributed by atoms with Gasteiger partial charge in [-0.15, -0.1) is 23.1 Å². The molecule has 2 rings (SSSR count). The van der Waals surface area contributed by atoms with Crippen molar-refractivity contribution < 1.29 is 4.79 Å². The quantitative estimate of drug-likeness (QED) is 0.715. The largest absolute Gasteiger partial charge is 0.341 e. The molecule has 0 saturated heterocycles. The molecule has 0 unspecified atom stereocenters. The summed E-state index contributed by atoms with van der Waals surface area (Å²) < 4.78 is 0. The zero-order chi connectivity index (χ0) is 15.2. The second-order valence-electron chi connectivity index (χ2n) is 5.44. The molecule has 0 spiro atoms. The highest BCUT2D eigenvalue weighted by Gasteiger charge is 2.16. The van der Waals surface area contributed by atoms with E-state index in [1.54, 1.807) is 23.1 Å². The van der Waals surface area contributed by atoms with Crippen molar-refractivity contribution in [1.82, 2.24) is 4.90 Å². The summed E-state index contributed by atoms with van der Waals surface area (Å²) >= 11 is 3.49. The van der Waals surface area contributed by atoms with Crippen molar-refractivity contribution in [2.45, 2.75) is 24.5 Å². The van der Waals surface area contributed by atoms with Gasteiger partial charge in [0.05, 0.1) is 5.56 Å². The van der Waals surface area contributed by atoms with Crippen LogP contribution in [-0.4, -0.2) is 24.4 Å². The average Bonchev–Trinajstić information content (AvgIpc) is 2.97. The van der Waals surface area contributed by atoms with Crippen LogP contribution in [0.3, 0.4) is 0 Å². The van der Waals surface area contributed by atoms with E-state index in [0.717, 1.165) is 22.8 Å². The molecule has 0 fully saturated rings. The summed E-state index contributed by atoms with van der Waals surface area (Å²) in [5, 5.41) is 2.09. The fourth-order valence-electron chi connectivity index (χ4n) is 2.15. The number of rotatable bonds is 6. The number of hydrogen-bond acceptors (Lipinski definition) is 3. The Balaban J connectivity index is 2.10. The maximum Gasteiger partial charge on any atom is 0.254 e. The molecule has 2 nitrogen and oxygen atoms in total. The number of amides is 1. The van der Waals surface area contributed by atoms with E-state index >= 15 is 0 Å². The Morgan fingerprint density at radius 1 is 1.24 bits per heavy atom. The molecule has 1 amide bonds. The van der Waals surface area contributed by atoms with Gasteiger partial charge in [0.1, 0.15) is 0 Å². The van der Waals surface area contributed by atoms with Gasteiger partial charge in [-0.25, -0.2) is 0 Å². The minimum absolute atomic E-state index is 0.109. The number of thiophene rings is 1. The molecule has 0 radical (unpaired) electrons. The normalized spacial score (nSPS) is 10.9. The molecular formula is C17H21NOS2. The SMILES string of the molecule is CC(C)CN(C)C(=O)c1ccccc1SCc1cccs1. The van der Waals surface area contributed by atoms with Gasteiger partial charge < -0.3 is 4.90 Å². The van der Waals surface area contributed by atoms with Crippen LogP contribution in [0.2, 0.25) is 0 Å². The molecule has 0 N–H and O–H groups in total. The Morgan fingerprint density at radius 3 is 2.67 bits per heavy atom. The van der Waals surface area contributed by atoms with E-state index in [9.17, 15) is 4.79 Å². The molecule has 0 aliphatic rings. The molecule has 0 atom stereocenters. The maximum atomic E-state index is 12.6. The first kappa shape index (κ1) is 16.1. The highest BCUT2D eigenvalue weighted by molar-refractivity contribution is 7.98. The van der Waals surface area contributed by atoms with Crippen LogP contribution >= 0.6 is 23.1 Å². The number of benzene rings is 1. The van der Waals surface area contributed by atoms with Crippen LogP contribution in [-0.2, 0) is 5.75 Å². The Bertz CT molecular complexity index is 578. The minimum atomic E-state index is 0.109. The number of thioether (sulfide) groups is 1. The second kappa shape index (κ2) is 7.66. The van der Waals surface area contributed by atoms with E-state index in [2.05, 4.69) is 31.4 Å². The highest BCUT2D eigenvalue weighted by Crippen LogP contribution is 2.28. The van der Waals surface area contributed by atoms with Crippen molar-refractivity contribution in [1.29, 1.82) is 0 Å². The Kier molecular flexibility index (Phi) is 5.88. The van der Waals surface area contributed by atoms with Gasteiger partial charge in [-0.3, -0.25) is 4.79 Å². The van der Waals surface area contributed by atoms with Crippen LogP contribution in [0, 0.1) is 5.92 Å². The third-order valence-electron chi connectivity index (χ3n) is 3.05. The molecular weight excluding hydrogens is 298 g/mol. The maximum absolute atomic E-state index is 12.6. The Labute approximate surface area is 135 Å². The van der Waals surface area contributed by atoms with Gasteiger partial charge in [-0.1, -0.05) is 32.0 Å². The smallest absolute Gasteiger partial charge is 0.254 e. The van der Waals surface area contributed by atoms with Gasteiger partial charge >= 0.3 is 0 Å². The van der Waals surface area contributed by atoms with E-state index in [1.165, 1.54) is 4.88 Å². The fourth-order valence-corrected chi connectivity index (χ4v) is 3.97. The lowest BCUT2D eigenvalue weighted by Gasteiger charge is -2.20. The summed E-state index contributed by atoms with van der Waals surface area (Å²) in [7, 11) is 1.88. The molecule has 0 bridgehead atoms. The lowest BCUT2D eigenvalue weighted by atomic mass is 10.1. The number of nitrogens with zero attached hydrogens (tertiary/aromatic N) is 1. The van der Waals surface area contributed by atoms with Crippen LogP contribution in [0.15, 0.2) is 46.7 Å². The minimum Gasteiger partial charge on any atom is -0.341 e. The molecule has 2 aromatic rings. The van der Waals surface area contributed by atoms with Gasteiger partial charge in [0, 0.05) is 29.1 Å². The van der Waals surface area contributed by atoms with E-state index in [4.69, 9.17) is 0 Å². The average molecular weight is 319 g/mol. The first-order valence-corrected chi connectivity index (χ1v) is 8.94. The number of carbonyl (C=O) groups excluding carboxylic acids is 1. The molecule has 4 heteroatoms. The molecule has 21 heavy (non-hydrogen) atoms. The van der Waals surface area contributed by atoms with Crippen LogP contribution in [0.1, 0.15) is 29.1 Å². The third kappa shape index (κ3) is 4.61. The predicted molar refractivity (Wildman–Crippen MR) is 92.1 cm³/mol. The lowest BCUT2D eigenvalue weighted by Crippen LogP contribution is -2.30. The topological polar surface area (TPSA) is 20.3 Å². The Morgan fingerprint density at radius 2 is 2.00 bits per heavy atom. The van der Waals surface area contributed by atoms with Crippen LogP contribution in [0.25, 0.3) is 0 Å². The molecule has 1 heterocycles. The van der Waals surface area contributed by atoms with Gasteiger partial charge in [-0.05, 0) is 29.5 Å². The van der Waals surface area contributed by atoms with Gasteiger partial charge in [0.25, 0.3) is 5.91 Å². The fraction of sp³-hybridized carbons (Fsp3) is 0.353. The van der Waals surface area contributed by atoms with Crippen molar-refractivity contribution in [2.75, 3.05) is 13.6 Å². The molecule has 112 valence electrons. The standard InChI is InChI=1S/C17H21NOS2/c1-13(2)11-18(3)17(19)15-8-4-5-9-16(15)21-12-14-7-6-10-20-14/h4-10,13H,11-12H2,1-3H3. The molecule has 1 aromatic heterocycles. The number of carbonyl (C=O) groups is 1. The molecule has 1 aromatic carbocycles. The first-order valence-electron chi connectivity index (χ1n) is 7.07. The molecule has 0 aliphatic carbocycles. The number of hydrogen-bond donors (Lipinski definition) is 0. The zero-order valence-corrected chi connectivity index (χ0v) is 14.3.